The van der Waals surface area contributed by atoms with E-state index in [-0.39, 0.29) is 27.9 Å². The van der Waals surface area contributed by atoms with Crippen LogP contribution >= 0.6 is 0 Å². The quantitative estimate of drug-likeness (QED) is 0.692. The monoisotopic (exact) mass is 425 g/mol. The van der Waals surface area contributed by atoms with E-state index in [1.807, 2.05) is 13.8 Å². The highest BCUT2D eigenvalue weighted by atomic mass is 32.2. The lowest BCUT2D eigenvalue weighted by Gasteiger charge is -2.27. The van der Waals surface area contributed by atoms with Gasteiger partial charge < -0.3 is 19.7 Å². The van der Waals surface area contributed by atoms with E-state index in [9.17, 15) is 22.7 Å². The fraction of sp³-hybridized carbons (Fsp3) is 0.421. The minimum absolute atomic E-state index is 0.0180. The second-order valence-corrected chi connectivity index (χ2v) is 9.12. The summed E-state index contributed by atoms with van der Waals surface area (Å²) in [5, 5.41) is 12.2. The number of aliphatic hydroxyl groups excluding tert-OH is 1. The van der Waals surface area contributed by atoms with Crippen molar-refractivity contribution in [1.82, 2.24) is 9.29 Å². The number of rotatable bonds is 4. The van der Waals surface area contributed by atoms with Gasteiger partial charge in [-0.05, 0) is 30.5 Å². The molecule has 0 saturated heterocycles. The van der Waals surface area contributed by atoms with Crippen LogP contribution < -0.4 is 14.8 Å². The molecular weight excluding hydrogens is 401 g/mol. The Morgan fingerprint density at radius 3 is 2.69 bits per heavy atom. The summed E-state index contributed by atoms with van der Waals surface area (Å²) in [6.45, 7) is 4.80. The number of aliphatic hydroxyl groups is 1. The number of carbonyl (C=O) groups is 1. The van der Waals surface area contributed by atoms with E-state index in [0.717, 1.165) is 0 Å². The van der Waals surface area contributed by atoms with Gasteiger partial charge in [-0.1, -0.05) is 19.9 Å². The molecule has 0 fully saturated rings. The maximum absolute atomic E-state index is 13.8. The number of nitrogens with one attached hydrogen (secondary N) is 2. The van der Waals surface area contributed by atoms with Crippen LogP contribution in [-0.4, -0.2) is 42.8 Å². The van der Waals surface area contributed by atoms with Gasteiger partial charge in [0.05, 0.1) is 12.6 Å². The van der Waals surface area contributed by atoms with E-state index in [4.69, 9.17) is 4.74 Å². The molecule has 10 heteroatoms. The highest BCUT2D eigenvalue weighted by molar-refractivity contribution is 7.89. The summed E-state index contributed by atoms with van der Waals surface area (Å²) in [7, 11) is -2.50. The molecule has 1 aromatic heterocycles. The molecule has 158 valence electrons. The zero-order valence-electron chi connectivity index (χ0n) is 16.6. The predicted octanol–water partition coefficient (Wildman–Crippen LogP) is 1.78. The third-order valence-electron chi connectivity index (χ3n) is 4.85. The van der Waals surface area contributed by atoms with Gasteiger partial charge in [0, 0.05) is 18.9 Å². The highest BCUT2D eigenvalue weighted by Crippen LogP contribution is 2.35. The Kier molecular flexibility index (Phi) is 5.70. The molecule has 0 radical (unpaired) electrons. The smallest absolute Gasteiger partial charge is 0.276 e. The number of hydrogen-bond acceptors (Lipinski definition) is 5. The first-order chi connectivity index (χ1) is 13.5. The van der Waals surface area contributed by atoms with Crippen molar-refractivity contribution in [2.45, 2.75) is 37.8 Å². The van der Waals surface area contributed by atoms with E-state index >= 15 is 0 Å². The van der Waals surface area contributed by atoms with Gasteiger partial charge in [-0.25, -0.2) is 17.5 Å². The molecule has 0 spiro atoms. The number of amides is 1. The van der Waals surface area contributed by atoms with Crippen LogP contribution in [0.5, 0.6) is 5.75 Å². The van der Waals surface area contributed by atoms with Gasteiger partial charge in [0.1, 0.15) is 16.8 Å². The zero-order valence-corrected chi connectivity index (χ0v) is 17.4. The summed E-state index contributed by atoms with van der Waals surface area (Å²) in [5.74, 6) is -1.36. The van der Waals surface area contributed by atoms with E-state index in [1.54, 1.807) is 13.0 Å². The van der Waals surface area contributed by atoms with Crippen molar-refractivity contribution < 1.29 is 27.4 Å². The number of fused-ring (bicyclic) bond motifs is 1. The Morgan fingerprint density at radius 2 is 2.10 bits per heavy atom. The van der Waals surface area contributed by atoms with Gasteiger partial charge in [0.15, 0.2) is 11.4 Å². The first kappa shape index (κ1) is 21.3. The summed E-state index contributed by atoms with van der Waals surface area (Å²) in [4.78, 5) is 12.7. The number of anilines is 1. The number of ether oxygens (including phenoxy) is 1. The van der Waals surface area contributed by atoms with Crippen LogP contribution in [0.25, 0.3) is 0 Å². The Labute approximate surface area is 168 Å². The van der Waals surface area contributed by atoms with Crippen LogP contribution in [0.1, 0.15) is 29.9 Å². The summed E-state index contributed by atoms with van der Waals surface area (Å²) in [6.07, 6.45) is 0.584. The van der Waals surface area contributed by atoms with Crippen LogP contribution in [0.15, 0.2) is 29.3 Å². The predicted molar refractivity (Wildman–Crippen MR) is 105 cm³/mol. The topological polar surface area (TPSA) is 110 Å². The molecule has 29 heavy (non-hydrogen) atoms. The molecule has 3 N–H and O–H groups in total. The maximum atomic E-state index is 13.8. The van der Waals surface area contributed by atoms with Gasteiger partial charge in [-0.2, -0.15) is 0 Å². The molecule has 0 aliphatic carbocycles. The Bertz CT molecular complexity index is 1050. The lowest BCUT2D eigenvalue weighted by Crippen LogP contribution is -2.48. The molecule has 1 aliphatic heterocycles. The van der Waals surface area contributed by atoms with E-state index in [2.05, 4.69) is 10.0 Å². The number of carbonyl (C=O) groups excluding carboxylic acids is 1. The Morgan fingerprint density at radius 1 is 1.41 bits per heavy atom. The van der Waals surface area contributed by atoms with Gasteiger partial charge in [-0.15, -0.1) is 0 Å². The van der Waals surface area contributed by atoms with Gasteiger partial charge in [0.2, 0.25) is 10.0 Å². The molecule has 0 bridgehead atoms. The van der Waals surface area contributed by atoms with Crippen molar-refractivity contribution >= 4 is 21.6 Å². The van der Waals surface area contributed by atoms with Crippen LogP contribution in [0.4, 0.5) is 10.1 Å². The van der Waals surface area contributed by atoms with E-state index < -0.39 is 40.5 Å². The van der Waals surface area contributed by atoms with Crippen LogP contribution in [0.2, 0.25) is 0 Å². The standard InChI is InChI=1S/C19H24FN3O5S/c1-10(2)17-14(9-24)22-29(26,27)15-8-23(4)16(18(15)28-17)19(25)21-12-6-5-11(3)13(20)7-12/h5-8,10,14,17,22,24H,9H2,1-4H3,(H,21,25)/t14-,17-/m1/s1. The molecule has 2 aromatic rings. The number of benzene rings is 1. The van der Waals surface area contributed by atoms with E-state index in [1.165, 1.54) is 29.9 Å². The van der Waals surface area contributed by atoms with E-state index in [0.29, 0.717) is 5.56 Å². The van der Waals surface area contributed by atoms with Crippen molar-refractivity contribution in [3.63, 3.8) is 0 Å². The van der Waals surface area contributed by atoms with Crippen molar-refractivity contribution in [1.29, 1.82) is 0 Å². The molecule has 3 rings (SSSR count). The molecule has 1 aliphatic rings. The maximum Gasteiger partial charge on any atom is 0.276 e. The Balaban J connectivity index is 2.05. The van der Waals surface area contributed by atoms with Crippen molar-refractivity contribution in [2.75, 3.05) is 11.9 Å². The van der Waals surface area contributed by atoms with Crippen LogP contribution in [0.3, 0.4) is 0 Å². The number of aryl methyl sites for hydroxylation is 2. The number of nitrogens with zero attached hydrogens (tertiary/aromatic N) is 1. The number of halogens is 1. The number of aromatic nitrogens is 1. The van der Waals surface area contributed by atoms with Crippen LogP contribution in [-0.2, 0) is 17.1 Å². The molecule has 0 unspecified atom stereocenters. The second kappa shape index (κ2) is 7.77. The summed E-state index contributed by atoms with van der Waals surface area (Å²) in [5.41, 5.74) is 0.651. The first-order valence-corrected chi connectivity index (χ1v) is 10.6. The summed E-state index contributed by atoms with van der Waals surface area (Å²) >= 11 is 0. The van der Waals surface area contributed by atoms with Crippen molar-refractivity contribution in [2.24, 2.45) is 13.0 Å². The second-order valence-electron chi connectivity index (χ2n) is 7.44. The molecule has 2 atom stereocenters. The minimum atomic E-state index is -4.02. The zero-order chi connectivity index (χ0) is 21.5. The number of sulfonamides is 1. The largest absolute Gasteiger partial charge is 0.484 e. The normalized spacial score (nSPS) is 20.7. The van der Waals surface area contributed by atoms with Gasteiger partial charge in [-0.3, -0.25) is 4.79 Å². The Hall–Kier alpha value is -2.43. The molecular formula is C19H24FN3O5S. The molecule has 1 aromatic carbocycles. The number of hydrogen-bond donors (Lipinski definition) is 3. The minimum Gasteiger partial charge on any atom is -0.484 e. The van der Waals surface area contributed by atoms with Gasteiger partial charge >= 0.3 is 0 Å². The molecule has 1 amide bonds. The fourth-order valence-corrected chi connectivity index (χ4v) is 4.72. The lowest BCUT2D eigenvalue weighted by atomic mass is 10.0. The average Bonchev–Trinajstić information content (AvgIpc) is 2.92. The third-order valence-corrected chi connectivity index (χ3v) is 6.33. The molecule has 0 saturated carbocycles. The molecule has 8 nitrogen and oxygen atoms in total. The fourth-order valence-electron chi connectivity index (χ4n) is 3.30. The molecule has 2 heterocycles. The SMILES string of the molecule is Cc1ccc(NC(=O)c2c3c(cn2C)S(=O)(=O)N[C@H](CO)[C@@H](C(C)C)O3)cc1F. The third kappa shape index (κ3) is 4.00. The van der Waals surface area contributed by atoms with Gasteiger partial charge in [0.25, 0.3) is 5.91 Å². The first-order valence-electron chi connectivity index (χ1n) is 9.11. The average molecular weight is 425 g/mol. The van der Waals surface area contributed by atoms with Crippen LogP contribution in [0, 0.1) is 18.7 Å². The van der Waals surface area contributed by atoms with Crippen molar-refractivity contribution in [3.8, 4) is 5.75 Å². The summed E-state index contributed by atoms with van der Waals surface area (Å²) in [6, 6.07) is 3.41. The summed E-state index contributed by atoms with van der Waals surface area (Å²) < 4.78 is 49.1. The highest BCUT2D eigenvalue weighted by Gasteiger charge is 2.40. The lowest BCUT2D eigenvalue weighted by molar-refractivity contribution is 0.0837. The van der Waals surface area contributed by atoms with Crippen molar-refractivity contribution in [3.05, 3.63) is 41.5 Å².